The van der Waals surface area contributed by atoms with Crippen molar-refractivity contribution in [2.75, 3.05) is 26.3 Å². The van der Waals surface area contributed by atoms with E-state index in [0.29, 0.717) is 19.0 Å². The van der Waals surface area contributed by atoms with Gasteiger partial charge in [0.2, 0.25) is 0 Å². The molecule has 0 bridgehead atoms. The van der Waals surface area contributed by atoms with E-state index in [0.717, 1.165) is 38.7 Å². The van der Waals surface area contributed by atoms with Crippen LogP contribution in [0.1, 0.15) is 52.9 Å². The first-order valence-corrected chi connectivity index (χ1v) is 8.06. The maximum absolute atomic E-state index is 12.1. The van der Waals surface area contributed by atoms with E-state index in [1.807, 2.05) is 20.8 Å². The van der Waals surface area contributed by atoms with Crippen LogP contribution in [0.3, 0.4) is 0 Å². The molecule has 2 aliphatic rings. The summed E-state index contributed by atoms with van der Waals surface area (Å²) in [6, 6.07) is 0. The average molecular weight is 299 g/mol. The fraction of sp³-hybridized carbons (Fsp3) is 0.938. The predicted octanol–water partition coefficient (Wildman–Crippen LogP) is 2.57. The molecule has 1 spiro atoms. The molecule has 21 heavy (non-hydrogen) atoms. The molecule has 0 aromatic rings. The van der Waals surface area contributed by atoms with Crippen LogP contribution in [0.25, 0.3) is 0 Å². The van der Waals surface area contributed by atoms with Gasteiger partial charge in [0.1, 0.15) is 5.60 Å². The summed E-state index contributed by atoms with van der Waals surface area (Å²) in [6.45, 7) is 8.09. The quantitative estimate of drug-likeness (QED) is 0.851. The number of carbonyl (C=O) groups excluding carboxylic acids is 1. The minimum atomic E-state index is -0.445. The van der Waals surface area contributed by atoms with E-state index in [1.165, 1.54) is 0 Å². The zero-order chi connectivity index (χ0) is 15.5. The van der Waals surface area contributed by atoms with Crippen molar-refractivity contribution in [1.29, 1.82) is 0 Å². The molecule has 5 heteroatoms. The van der Waals surface area contributed by atoms with Gasteiger partial charge in [-0.15, -0.1) is 0 Å². The van der Waals surface area contributed by atoms with Crippen LogP contribution in [-0.4, -0.2) is 53.6 Å². The Kier molecular flexibility index (Phi) is 5.15. The SMILES string of the molecule is CC(C)(C)OC(=O)N1CCC2(CC1)CC(CCO)CCO2. The molecule has 0 aromatic heterocycles. The highest BCUT2D eigenvalue weighted by molar-refractivity contribution is 5.68. The Morgan fingerprint density at radius 2 is 2.05 bits per heavy atom. The second-order valence-electron chi connectivity index (χ2n) is 7.37. The zero-order valence-corrected chi connectivity index (χ0v) is 13.6. The first-order valence-electron chi connectivity index (χ1n) is 8.06. The van der Waals surface area contributed by atoms with E-state index in [-0.39, 0.29) is 18.3 Å². The number of aliphatic hydroxyl groups excluding tert-OH is 1. The fourth-order valence-electron chi connectivity index (χ4n) is 3.33. The van der Waals surface area contributed by atoms with E-state index < -0.39 is 5.60 Å². The van der Waals surface area contributed by atoms with Gasteiger partial charge in [-0.2, -0.15) is 0 Å². The number of hydrogen-bond donors (Lipinski definition) is 1. The van der Waals surface area contributed by atoms with Crippen molar-refractivity contribution < 1.29 is 19.4 Å². The van der Waals surface area contributed by atoms with Crippen LogP contribution in [0, 0.1) is 5.92 Å². The van der Waals surface area contributed by atoms with Gasteiger partial charge in [0.05, 0.1) is 5.60 Å². The average Bonchev–Trinajstić information content (AvgIpc) is 2.38. The summed E-state index contributed by atoms with van der Waals surface area (Å²) in [5.74, 6) is 0.553. The molecule has 2 aliphatic heterocycles. The second kappa shape index (κ2) is 6.53. The lowest BCUT2D eigenvalue weighted by Gasteiger charge is -2.46. The van der Waals surface area contributed by atoms with Crippen molar-refractivity contribution in [3.63, 3.8) is 0 Å². The first kappa shape index (κ1) is 16.6. The number of ether oxygens (including phenoxy) is 2. The highest BCUT2D eigenvalue weighted by Crippen LogP contribution is 2.38. The lowest BCUT2D eigenvalue weighted by atomic mass is 9.78. The third kappa shape index (κ3) is 4.58. The molecule has 122 valence electrons. The van der Waals surface area contributed by atoms with Gasteiger partial charge < -0.3 is 19.5 Å². The number of likely N-dealkylation sites (tertiary alicyclic amines) is 1. The van der Waals surface area contributed by atoms with Crippen LogP contribution in [0.4, 0.5) is 4.79 Å². The summed E-state index contributed by atoms with van der Waals surface area (Å²) in [5.41, 5.74) is -0.531. The summed E-state index contributed by atoms with van der Waals surface area (Å²) in [4.78, 5) is 13.9. The van der Waals surface area contributed by atoms with Gasteiger partial charge in [-0.05, 0) is 58.8 Å². The van der Waals surface area contributed by atoms with Crippen molar-refractivity contribution in [3.05, 3.63) is 0 Å². The molecular formula is C16H29NO4. The lowest BCUT2D eigenvalue weighted by molar-refractivity contribution is -0.127. The summed E-state index contributed by atoms with van der Waals surface area (Å²) in [5, 5.41) is 9.12. The molecule has 2 saturated heterocycles. The maximum Gasteiger partial charge on any atom is 0.410 e. The third-order valence-corrected chi connectivity index (χ3v) is 4.46. The number of carbonyl (C=O) groups is 1. The monoisotopic (exact) mass is 299 g/mol. The zero-order valence-electron chi connectivity index (χ0n) is 13.6. The van der Waals surface area contributed by atoms with Gasteiger partial charge in [0.25, 0.3) is 0 Å². The number of aliphatic hydroxyl groups is 1. The molecule has 1 amide bonds. The number of amides is 1. The second-order valence-corrected chi connectivity index (χ2v) is 7.37. The Morgan fingerprint density at radius 1 is 1.38 bits per heavy atom. The molecule has 2 heterocycles. The van der Waals surface area contributed by atoms with Crippen LogP contribution in [0.5, 0.6) is 0 Å². The van der Waals surface area contributed by atoms with Crippen LogP contribution in [0.2, 0.25) is 0 Å². The smallest absolute Gasteiger partial charge is 0.410 e. The van der Waals surface area contributed by atoms with Gasteiger partial charge in [-0.1, -0.05) is 0 Å². The van der Waals surface area contributed by atoms with E-state index in [2.05, 4.69) is 0 Å². The third-order valence-electron chi connectivity index (χ3n) is 4.46. The van der Waals surface area contributed by atoms with Gasteiger partial charge in [-0.25, -0.2) is 4.79 Å². The number of nitrogens with zero attached hydrogens (tertiary/aromatic N) is 1. The molecule has 1 N–H and O–H groups in total. The molecule has 1 unspecified atom stereocenters. The fourth-order valence-corrected chi connectivity index (χ4v) is 3.33. The highest BCUT2D eigenvalue weighted by Gasteiger charge is 2.41. The van der Waals surface area contributed by atoms with Crippen LogP contribution < -0.4 is 0 Å². The Balaban J connectivity index is 1.86. The van der Waals surface area contributed by atoms with Gasteiger partial charge in [0.15, 0.2) is 0 Å². The Labute approximate surface area is 127 Å². The molecule has 1 atom stereocenters. The van der Waals surface area contributed by atoms with E-state index in [1.54, 1.807) is 4.90 Å². The van der Waals surface area contributed by atoms with Crippen molar-refractivity contribution >= 4 is 6.09 Å². The van der Waals surface area contributed by atoms with Crippen LogP contribution in [0.15, 0.2) is 0 Å². The van der Waals surface area contributed by atoms with E-state index >= 15 is 0 Å². The molecule has 0 saturated carbocycles. The van der Waals surface area contributed by atoms with Crippen LogP contribution in [-0.2, 0) is 9.47 Å². The highest BCUT2D eigenvalue weighted by atomic mass is 16.6. The van der Waals surface area contributed by atoms with E-state index in [4.69, 9.17) is 14.6 Å². The summed E-state index contributed by atoms with van der Waals surface area (Å²) >= 11 is 0. The number of piperidine rings is 1. The maximum atomic E-state index is 12.1. The normalized spacial score (nSPS) is 25.9. The molecule has 0 aromatic carbocycles. The topological polar surface area (TPSA) is 59.0 Å². The standard InChI is InChI=1S/C16H29NO4/c1-15(2,3)21-14(19)17-8-6-16(7-9-17)12-13(4-10-18)5-11-20-16/h13,18H,4-12H2,1-3H3. The Morgan fingerprint density at radius 3 is 2.62 bits per heavy atom. The molecule has 0 radical (unpaired) electrons. The van der Waals surface area contributed by atoms with Crippen molar-refractivity contribution in [3.8, 4) is 0 Å². The summed E-state index contributed by atoms with van der Waals surface area (Å²) < 4.78 is 11.5. The van der Waals surface area contributed by atoms with Gasteiger partial charge >= 0.3 is 6.09 Å². The molecule has 5 nitrogen and oxygen atoms in total. The number of hydrogen-bond acceptors (Lipinski definition) is 4. The molecule has 2 rings (SSSR count). The largest absolute Gasteiger partial charge is 0.444 e. The summed E-state index contributed by atoms with van der Waals surface area (Å²) in [7, 11) is 0. The molecule has 2 fully saturated rings. The Hall–Kier alpha value is -0.810. The minimum absolute atomic E-state index is 0.0867. The van der Waals surface area contributed by atoms with Gasteiger partial charge in [-0.3, -0.25) is 0 Å². The lowest BCUT2D eigenvalue weighted by Crippen LogP contribution is -2.51. The van der Waals surface area contributed by atoms with Crippen molar-refractivity contribution in [2.45, 2.75) is 64.1 Å². The number of rotatable bonds is 2. The Bertz CT molecular complexity index is 354. The van der Waals surface area contributed by atoms with Crippen molar-refractivity contribution in [2.24, 2.45) is 5.92 Å². The first-order chi connectivity index (χ1) is 9.84. The molecule has 0 aliphatic carbocycles. The van der Waals surface area contributed by atoms with E-state index in [9.17, 15) is 4.79 Å². The predicted molar refractivity (Wildman–Crippen MR) is 80.2 cm³/mol. The van der Waals surface area contributed by atoms with Crippen molar-refractivity contribution in [1.82, 2.24) is 4.90 Å². The molecular weight excluding hydrogens is 270 g/mol. The minimum Gasteiger partial charge on any atom is -0.444 e. The summed E-state index contributed by atoms with van der Waals surface area (Å²) in [6.07, 6.45) is 4.43. The van der Waals surface area contributed by atoms with Crippen LogP contribution >= 0.6 is 0 Å². The van der Waals surface area contributed by atoms with Gasteiger partial charge in [0, 0.05) is 26.3 Å².